The van der Waals surface area contributed by atoms with E-state index < -0.39 is 13.7 Å². The molecule has 9 aromatic carbocycles. The number of aryl methyl sites for hydroxylation is 2. The molecule has 4 nitrogen and oxygen atoms in total. The molecule has 340 valence electrons. The number of fused-ring (bicyclic) bond motifs is 17. The van der Waals surface area contributed by atoms with Gasteiger partial charge in [0.15, 0.2) is 22.8 Å². The Morgan fingerprint density at radius 2 is 1.20 bits per heavy atom. The molecule has 5 heterocycles. The Bertz CT molecular complexity index is 4250. The summed E-state index contributed by atoms with van der Waals surface area (Å²) < 4.78 is 49.0. The van der Waals surface area contributed by atoms with E-state index in [1.54, 1.807) is 12.1 Å². The Morgan fingerprint density at radius 3 is 1.94 bits per heavy atom. The molecular formula is C64H47F2N3OSi+2. The highest BCUT2D eigenvalue weighted by Crippen LogP contribution is 2.54. The van der Waals surface area contributed by atoms with E-state index in [4.69, 9.17) is 4.42 Å². The van der Waals surface area contributed by atoms with Gasteiger partial charge in [-0.1, -0.05) is 147 Å². The molecule has 12 aromatic rings. The molecule has 0 saturated heterocycles. The number of imidazole rings is 1. The van der Waals surface area contributed by atoms with Gasteiger partial charge in [-0.05, 0) is 102 Å². The van der Waals surface area contributed by atoms with Gasteiger partial charge in [0.05, 0.1) is 24.8 Å². The third-order valence-corrected chi connectivity index (χ3v) is 17.4. The predicted molar refractivity (Wildman–Crippen MR) is 286 cm³/mol. The lowest BCUT2D eigenvalue weighted by atomic mass is 9.87. The molecule has 0 saturated carbocycles. The maximum absolute atomic E-state index is 17.6. The standard InChI is InChI=1S/C64H47F2N3OSi/c1-38-24-26-40(27-25-38)43-28-29-45-47-30-31-51-60(62(47)70-58(45)33-43)63-68(61-46-21-13-12-20-44(46)53(65)35-49(61)42-18-10-7-11-19-42)55-22-14-15-23-56(55)69(63)64(51)52-36-54(66)48(41-16-8-6-9-17-41)34-50(52)57-32-39(2)59(37-67(57)64)71(3,4)5/h6-37H,1-5H3/q+2. The largest absolute Gasteiger partial charge is 0.455 e. The molecule has 71 heavy (non-hydrogen) atoms. The minimum Gasteiger partial charge on any atom is -0.455 e. The fourth-order valence-electron chi connectivity index (χ4n) is 12.2. The van der Waals surface area contributed by atoms with Gasteiger partial charge in [-0.3, -0.25) is 0 Å². The second-order valence-corrected chi connectivity index (χ2v) is 25.5. The van der Waals surface area contributed by atoms with Crippen molar-refractivity contribution in [3.05, 3.63) is 228 Å². The first-order valence-corrected chi connectivity index (χ1v) is 27.9. The van der Waals surface area contributed by atoms with Crippen molar-refractivity contribution < 1.29 is 22.3 Å². The first kappa shape index (κ1) is 41.7. The van der Waals surface area contributed by atoms with Crippen LogP contribution in [0.3, 0.4) is 0 Å². The van der Waals surface area contributed by atoms with Gasteiger partial charge < -0.3 is 4.42 Å². The molecule has 0 fully saturated rings. The van der Waals surface area contributed by atoms with Crippen molar-refractivity contribution in [2.24, 2.45) is 0 Å². The second kappa shape index (κ2) is 14.9. The van der Waals surface area contributed by atoms with Gasteiger partial charge in [0.25, 0.3) is 0 Å². The van der Waals surface area contributed by atoms with Crippen molar-refractivity contribution in [3.63, 3.8) is 0 Å². The van der Waals surface area contributed by atoms with Crippen LogP contribution in [0.15, 0.2) is 199 Å². The topological polar surface area (TPSA) is 25.8 Å². The number of nitrogens with zero attached hydrogens (tertiary/aromatic N) is 3. The lowest BCUT2D eigenvalue weighted by Crippen LogP contribution is -2.72. The second-order valence-electron chi connectivity index (χ2n) is 20.5. The first-order chi connectivity index (χ1) is 34.5. The fraction of sp³-hybridized carbons (Fsp3) is 0.0938. The summed E-state index contributed by atoms with van der Waals surface area (Å²) in [6.45, 7) is 11.5. The van der Waals surface area contributed by atoms with E-state index in [0.29, 0.717) is 10.9 Å². The minimum absolute atomic E-state index is 0.293. The van der Waals surface area contributed by atoms with Crippen molar-refractivity contribution in [1.29, 1.82) is 0 Å². The van der Waals surface area contributed by atoms with Gasteiger partial charge in [0, 0.05) is 43.9 Å². The van der Waals surface area contributed by atoms with Gasteiger partial charge in [0.2, 0.25) is 5.69 Å². The Hall–Kier alpha value is -8.26. The Balaban J connectivity index is 1.20. The summed E-state index contributed by atoms with van der Waals surface area (Å²) >= 11 is 0. The lowest BCUT2D eigenvalue weighted by molar-refractivity contribution is -0.944. The zero-order chi connectivity index (χ0) is 48.1. The number of halogens is 2. The average Bonchev–Trinajstić information content (AvgIpc) is 4.10. The summed E-state index contributed by atoms with van der Waals surface area (Å²) in [5.74, 6) is 0.263. The van der Waals surface area contributed by atoms with Crippen LogP contribution < -0.4 is 14.3 Å². The van der Waals surface area contributed by atoms with Gasteiger partial charge in [-0.25, -0.2) is 8.78 Å². The highest BCUT2D eigenvalue weighted by Gasteiger charge is 2.67. The van der Waals surface area contributed by atoms with Crippen LogP contribution in [0.2, 0.25) is 19.6 Å². The molecule has 7 heteroatoms. The van der Waals surface area contributed by atoms with Gasteiger partial charge in [-0.2, -0.15) is 4.57 Å². The van der Waals surface area contributed by atoms with Crippen molar-refractivity contribution in [2.75, 3.05) is 0 Å². The van der Waals surface area contributed by atoms with Crippen LogP contribution in [0.25, 0.3) is 105 Å². The average molecular weight is 940 g/mol. The SMILES string of the molecule is Cc1ccc(-c2ccc3c(c2)oc2c4c(ccc23)C2(c3cc(F)c(-c5ccccc5)cc3-c3cc(C)c([Si](C)(C)C)c[n+]32)[n+]2c-4n(-c3c(-c4ccccc4)cc(F)c4ccccc34)c3ccccc32)cc1. The molecule has 0 N–H and O–H groups in total. The van der Waals surface area contributed by atoms with Crippen molar-refractivity contribution in [1.82, 2.24) is 4.57 Å². The molecule has 0 aliphatic carbocycles. The summed E-state index contributed by atoms with van der Waals surface area (Å²) in [6.07, 6.45) is 2.38. The summed E-state index contributed by atoms with van der Waals surface area (Å²) in [5, 5.41) is 4.59. The normalized spacial score (nSPS) is 14.7. The van der Waals surface area contributed by atoms with Crippen LogP contribution in [-0.2, 0) is 5.66 Å². The molecule has 1 unspecified atom stereocenters. The molecule has 0 radical (unpaired) electrons. The van der Waals surface area contributed by atoms with Crippen LogP contribution in [0.4, 0.5) is 8.78 Å². The summed E-state index contributed by atoms with van der Waals surface area (Å²) in [6, 6.07) is 63.7. The number of benzene rings is 9. The predicted octanol–water partition coefficient (Wildman–Crippen LogP) is 15.0. The summed E-state index contributed by atoms with van der Waals surface area (Å²) in [7, 11) is -2.00. The zero-order valence-electron chi connectivity index (χ0n) is 40.0. The molecular weight excluding hydrogens is 893 g/mol. The molecule has 3 aromatic heterocycles. The number of para-hydroxylation sites is 2. The van der Waals surface area contributed by atoms with E-state index in [-0.39, 0.29) is 11.6 Å². The zero-order valence-corrected chi connectivity index (χ0v) is 41.0. The van der Waals surface area contributed by atoms with Crippen LogP contribution in [0.1, 0.15) is 22.3 Å². The van der Waals surface area contributed by atoms with Crippen molar-refractivity contribution >= 4 is 57.0 Å². The maximum Gasteiger partial charge on any atom is 0.365 e. The van der Waals surface area contributed by atoms with Gasteiger partial charge >= 0.3 is 11.5 Å². The van der Waals surface area contributed by atoms with E-state index in [1.165, 1.54) is 16.3 Å². The molecule has 0 bridgehead atoms. The Labute approximate surface area is 411 Å². The number of rotatable bonds is 5. The smallest absolute Gasteiger partial charge is 0.365 e. The van der Waals surface area contributed by atoms with E-state index in [1.807, 2.05) is 72.8 Å². The molecule has 1 spiro atoms. The molecule has 0 amide bonds. The van der Waals surface area contributed by atoms with E-state index in [9.17, 15) is 0 Å². The molecule has 2 aliphatic rings. The molecule has 14 rings (SSSR count). The van der Waals surface area contributed by atoms with Crippen molar-refractivity contribution in [2.45, 2.75) is 39.2 Å². The Morgan fingerprint density at radius 1 is 0.535 bits per heavy atom. The number of furan rings is 1. The minimum atomic E-state index is -2.00. The lowest BCUT2D eigenvalue weighted by Gasteiger charge is -2.23. The van der Waals surface area contributed by atoms with Crippen LogP contribution >= 0.6 is 0 Å². The number of aromatic nitrogens is 3. The highest BCUT2D eigenvalue weighted by atomic mass is 28.3. The molecule has 1 atom stereocenters. The van der Waals surface area contributed by atoms with Gasteiger partial charge in [-0.15, -0.1) is 9.13 Å². The number of pyridine rings is 1. The number of hydrogen-bond acceptors (Lipinski definition) is 1. The highest BCUT2D eigenvalue weighted by molar-refractivity contribution is 6.89. The van der Waals surface area contributed by atoms with E-state index in [0.717, 1.165) is 106 Å². The number of hydrogen-bond donors (Lipinski definition) is 0. The van der Waals surface area contributed by atoms with Crippen LogP contribution in [0, 0.1) is 25.5 Å². The fourth-order valence-corrected chi connectivity index (χ4v) is 14.0. The quantitative estimate of drug-likeness (QED) is 0.125. The van der Waals surface area contributed by atoms with Gasteiger partial charge in [0.1, 0.15) is 28.5 Å². The summed E-state index contributed by atoms with van der Waals surface area (Å²) in [5.41, 5.74) is 15.3. The van der Waals surface area contributed by atoms with E-state index >= 15 is 8.78 Å². The maximum atomic E-state index is 17.6. The van der Waals surface area contributed by atoms with E-state index in [2.05, 4.69) is 157 Å². The van der Waals surface area contributed by atoms with Crippen LogP contribution in [0.5, 0.6) is 0 Å². The third kappa shape index (κ3) is 5.75. The molecule has 2 aliphatic heterocycles. The van der Waals surface area contributed by atoms with Crippen molar-refractivity contribution in [3.8, 4) is 61.7 Å². The Kier molecular flexibility index (Phi) is 8.73. The van der Waals surface area contributed by atoms with Crippen LogP contribution in [-0.4, -0.2) is 12.6 Å². The first-order valence-electron chi connectivity index (χ1n) is 24.4. The third-order valence-electron chi connectivity index (χ3n) is 15.3. The summed E-state index contributed by atoms with van der Waals surface area (Å²) in [4.78, 5) is 0. The monoisotopic (exact) mass is 939 g/mol.